The van der Waals surface area contributed by atoms with Crippen molar-refractivity contribution in [3.05, 3.63) is 282 Å². The molecule has 0 saturated heterocycles. The van der Waals surface area contributed by atoms with Gasteiger partial charge in [0.05, 0.1) is 0 Å². The first-order valence-corrected chi connectivity index (χ1v) is 31.2. The smallest absolute Gasteiger partial charge is 0.399 e. The Morgan fingerprint density at radius 3 is 0.579 bits per heavy atom. The first-order valence-electron chi connectivity index (χ1n) is 29.7. The molecule has 0 unspecified atom stereocenters. The van der Waals surface area contributed by atoms with Crippen molar-refractivity contribution in [2.75, 3.05) is 6.61 Å². The van der Waals surface area contributed by atoms with Crippen LogP contribution in [0.2, 0.25) is 0 Å². The second-order valence-corrected chi connectivity index (χ2v) is 26.0. The number of hydrogen-bond donors (Lipinski definition) is 1. The molecular weight excluding hydrogens is 1350 g/mol. The maximum atomic E-state index is 15.4. The third kappa shape index (κ3) is 20.4. The van der Waals surface area contributed by atoms with Gasteiger partial charge in [-0.3, -0.25) is 0 Å². The van der Waals surface area contributed by atoms with Gasteiger partial charge in [0.25, 0.3) is 0 Å². The van der Waals surface area contributed by atoms with Crippen LogP contribution in [-0.2, 0) is 16.5 Å². The number of benzene rings is 7. The number of aliphatic hydroxyl groups excluding tert-OH is 1. The van der Waals surface area contributed by atoms with E-state index in [1.54, 1.807) is 0 Å². The van der Waals surface area contributed by atoms with Gasteiger partial charge in [-0.05, 0) is 136 Å². The summed E-state index contributed by atoms with van der Waals surface area (Å²) in [6, 6.07) is 32.0. The Bertz CT molecular complexity index is 2950. The zero-order chi connectivity index (χ0) is 70.3. The molecule has 516 valence electrons. The number of aliphatic hydroxyl groups is 1. The molecule has 7 aromatic rings. The Morgan fingerprint density at radius 2 is 0.453 bits per heavy atom. The second kappa shape index (κ2) is 40.1. The summed E-state index contributed by atoms with van der Waals surface area (Å²) in [5, 5.41) is 7.81. The monoisotopic (exact) mass is 1420 g/mol. The van der Waals surface area contributed by atoms with Gasteiger partial charge >= 0.3 is 16.5 Å². The van der Waals surface area contributed by atoms with E-state index in [9.17, 15) is 52.7 Å². The normalized spacial score (nSPS) is 13.5. The summed E-state index contributed by atoms with van der Waals surface area (Å²) in [5.74, 6) is -71.1. The molecule has 0 atom stereocenters. The van der Waals surface area contributed by atoms with Crippen LogP contribution in [-0.4, -0.2) is 34.8 Å². The summed E-state index contributed by atoms with van der Waals surface area (Å²) in [6.45, 7) is 17.7. The molecule has 0 bridgehead atoms. The molecule has 9 rings (SSSR count). The standard InChI is InChI=1S/C24BF20.C19H16.C9H21P.2C8H12.C3H7O.Ni/c26-5-1(6(27)14(35)21(42)13(5)34)25(2-7(28)15(36)22(43)16(37)8(2)29,3-9(30)17(38)23(44)18(39)10(3)31)4-11(32)19(40)24(45)20(41)12(4)33;1-4-10-16(11-5-1)19(17-12-6-2-7-13-17)18-14-8-3-9-15-18;1-7(2)10(8(3)4)9(5)6;2*1-2-4-6-8-7-5-3-1;1-2-3-4;/h;1-15,19H;7-9H,1-6H3;2*1-2,7-8H,3-6H2;4H,1-3H2;/q-1;;;;;-1;+2. The summed E-state index contributed by atoms with van der Waals surface area (Å²) in [4.78, 5) is 0. The third-order valence-corrected chi connectivity index (χ3v) is 18.3. The van der Waals surface area contributed by atoms with E-state index in [-0.39, 0.29) is 31.0 Å². The molecule has 7 aromatic carbocycles. The third-order valence-electron chi connectivity index (χ3n) is 14.7. The van der Waals surface area contributed by atoms with Crippen molar-refractivity contribution in [3.8, 4) is 0 Å². The molecule has 0 aliphatic heterocycles. The quantitative estimate of drug-likeness (QED) is 0.0260. The van der Waals surface area contributed by atoms with Crippen LogP contribution in [0.4, 0.5) is 87.8 Å². The van der Waals surface area contributed by atoms with E-state index in [2.05, 4.69) is 191 Å². The van der Waals surface area contributed by atoms with Gasteiger partial charge in [0.15, 0.2) is 69.8 Å². The van der Waals surface area contributed by atoms with E-state index in [1.165, 1.54) is 68.1 Å². The molecule has 8 radical (unpaired) electrons. The van der Waals surface area contributed by atoms with E-state index in [0.29, 0.717) is 12.3 Å². The van der Waals surface area contributed by atoms with E-state index in [0.717, 1.165) is 17.0 Å². The van der Waals surface area contributed by atoms with E-state index in [4.69, 9.17) is 5.11 Å². The predicted molar refractivity (Wildman–Crippen MR) is 330 cm³/mol. The van der Waals surface area contributed by atoms with Crippen molar-refractivity contribution in [2.45, 2.75) is 122 Å². The van der Waals surface area contributed by atoms with Crippen LogP contribution in [0.3, 0.4) is 0 Å². The largest absolute Gasteiger partial charge is 2.00 e. The van der Waals surface area contributed by atoms with Gasteiger partial charge in [-0.15, -0.1) is 21.9 Å². The van der Waals surface area contributed by atoms with Gasteiger partial charge in [-0.25, -0.2) is 87.8 Å². The van der Waals surface area contributed by atoms with E-state index >= 15 is 35.1 Å². The first kappa shape index (κ1) is 83.3. The zero-order valence-electron chi connectivity index (χ0n) is 52.2. The fraction of sp³-hybridized carbons (Fsp3) is 0.282. The predicted octanol–water partition coefficient (Wildman–Crippen LogP) is 19.4. The average Bonchev–Trinajstić information content (AvgIpc) is 0.683. The molecule has 2 aliphatic rings. The van der Waals surface area contributed by atoms with Crippen LogP contribution < -0.4 is 21.9 Å². The van der Waals surface area contributed by atoms with E-state index in [1.807, 2.05) is 0 Å². The van der Waals surface area contributed by atoms with Gasteiger partial charge in [0, 0.05) is 12.5 Å². The Hall–Kier alpha value is -5.91. The maximum Gasteiger partial charge on any atom is 2.00 e. The summed E-state index contributed by atoms with van der Waals surface area (Å²) in [6.07, 6.45) is 21.4. The average molecular weight is 1420 g/mol. The molecule has 0 amide bonds. The topological polar surface area (TPSA) is 20.2 Å². The first-order chi connectivity index (χ1) is 44.5. The molecule has 1 nitrogen and oxygen atoms in total. The Kier molecular flexibility index (Phi) is 35.2. The molecule has 0 spiro atoms. The molecule has 24 heteroatoms. The fourth-order valence-electron chi connectivity index (χ4n) is 10.9. The number of rotatable bonds is 11. The van der Waals surface area contributed by atoms with Crippen LogP contribution in [0.5, 0.6) is 0 Å². The van der Waals surface area contributed by atoms with Crippen molar-refractivity contribution in [1.29, 1.82) is 0 Å². The SMILES string of the molecule is CC(C)P(C(C)C)C(C)C.Fc1c(F)c(F)c([B-](c2c(F)c(F)c(F)c(F)c2F)(c2c(F)c(F)c(F)c(F)c2F)c2c(F)c(F)c(F)c(F)c2F)c(F)c1F.[CH2-]CCO.[CH]1[CH]CC[CH][CH]CC1.[CH]1[CH]CC[CH][CH]CC1.[Ni+2].c1ccc(C(c2ccccc2)c2ccccc2)cc1. The molecule has 2 fully saturated rings. The zero-order valence-corrected chi connectivity index (χ0v) is 54.1. The van der Waals surface area contributed by atoms with Crippen LogP contribution in [0.15, 0.2) is 91.0 Å². The van der Waals surface area contributed by atoms with Crippen LogP contribution in [0.1, 0.15) is 122 Å². The fourth-order valence-corrected chi connectivity index (χ4v) is 14.5. The molecule has 1 N–H and O–H groups in total. The summed E-state index contributed by atoms with van der Waals surface area (Å²) < 4.78 is 294. The van der Waals surface area contributed by atoms with Crippen LogP contribution >= 0.6 is 7.92 Å². The van der Waals surface area contributed by atoms with E-state index < -0.39 is 144 Å². The summed E-state index contributed by atoms with van der Waals surface area (Å²) in [5.41, 5.74) is -7.64. The second-order valence-electron chi connectivity index (χ2n) is 22.0. The molecule has 0 heterocycles. The molecule has 95 heavy (non-hydrogen) atoms. The van der Waals surface area contributed by atoms with Gasteiger partial charge in [-0.2, -0.15) is 6.42 Å². The van der Waals surface area contributed by atoms with Crippen molar-refractivity contribution >= 4 is 35.9 Å². The minimum atomic E-state index is -7.22. The molecular formula is C71H68BF20NiOP. The summed E-state index contributed by atoms with van der Waals surface area (Å²) >= 11 is 0. The number of hydrogen-bond acceptors (Lipinski definition) is 1. The van der Waals surface area contributed by atoms with Crippen molar-refractivity contribution in [1.82, 2.24) is 0 Å². The van der Waals surface area contributed by atoms with Crippen molar-refractivity contribution in [2.24, 2.45) is 0 Å². The molecule has 2 aliphatic carbocycles. The minimum absolute atomic E-state index is 0. The van der Waals surface area contributed by atoms with Crippen LogP contribution in [0, 0.1) is 175 Å². The van der Waals surface area contributed by atoms with Crippen LogP contribution in [0.25, 0.3) is 0 Å². The van der Waals surface area contributed by atoms with Gasteiger partial charge in [-0.1, -0.05) is 140 Å². The Morgan fingerprint density at radius 1 is 0.305 bits per heavy atom. The molecule has 2 saturated carbocycles. The Labute approximate surface area is 554 Å². The van der Waals surface area contributed by atoms with Crippen molar-refractivity contribution < 1.29 is 109 Å². The number of halogens is 20. The van der Waals surface area contributed by atoms with Gasteiger partial charge < -0.3 is 12.0 Å². The van der Waals surface area contributed by atoms with Gasteiger partial charge in [0.1, 0.15) is 52.7 Å². The Balaban J connectivity index is 0.000000378. The maximum absolute atomic E-state index is 15.4. The van der Waals surface area contributed by atoms with Crippen molar-refractivity contribution in [3.63, 3.8) is 0 Å². The van der Waals surface area contributed by atoms with Gasteiger partial charge in [0.2, 0.25) is 0 Å². The minimum Gasteiger partial charge on any atom is -0.399 e. The summed E-state index contributed by atoms with van der Waals surface area (Å²) in [7, 11) is 0.262. The molecule has 0 aromatic heterocycles.